The highest BCUT2D eigenvalue weighted by molar-refractivity contribution is 7.92. The molecule has 1 aromatic carbocycles. The molecule has 3 aliphatic rings. The Labute approximate surface area is 313 Å². The van der Waals surface area contributed by atoms with Gasteiger partial charge in [-0.3, -0.25) is 24.0 Å². The van der Waals surface area contributed by atoms with E-state index in [1.165, 1.54) is 18.2 Å². The first-order chi connectivity index (χ1) is 25.4. The minimum absolute atomic E-state index is 0.00170. The molecule has 284 valence electrons. The number of hydrogen-bond acceptors (Lipinski definition) is 12. The molecule has 0 aliphatic carbocycles. The zero-order valence-electron chi connectivity index (χ0n) is 29.8. The predicted molar refractivity (Wildman–Crippen MR) is 196 cm³/mol. The minimum Gasteiger partial charge on any atom is -0.459 e. The largest absolute Gasteiger partial charge is 0.459 e. The van der Waals surface area contributed by atoms with E-state index < -0.39 is 34.1 Å². The monoisotopic (exact) mass is 769 g/mol. The Morgan fingerprint density at radius 1 is 1.11 bits per heavy atom. The van der Waals surface area contributed by atoms with Crippen molar-refractivity contribution in [3.05, 3.63) is 52.3 Å². The maximum Gasteiger partial charge on any atom is 0.306 e. The number of likely N-dealkylation sites (tertiary alicyclic amines) is 1. The van der Waals surface area contributed by atoms with Gasteiger partial charge in [0.2, 0.25) is 15.9 Å². The number of sulfonamides is 1. The molecule has 0 unspecified atom stereocenters. The molecule has 3 saturated heterocycles. The lowest BCUT2D eigenvalue weighted by Gasteiger charge is -2.35. The average molecular weight is 770 g/mol. The number of aromatic nitrogens is 3. The number of nitriles is 1. The van der Waals surface area contributed by atoms with Crippen LogP contribution in [-0.2, 0) is 29.1 Å². The number of ether oxygens (including phenoxy) is 2. The second-order valence-corrected chi connectivity index (χ2v) is 15.9. The van der Waals surface area contributed by atoms with Crippen molar-refractivity contribution in [1.82, 2.24) is 29.7 Å². The van der Waals surface area contributed by atoms with Crippen LogP contribution in [0.15, 0.2) is 30.5 Å². The van der Waals surface area contributed by atoms with Crippen molar-refractivity contribution in [1.29, 1.82) is 5.26 Å². The molecular weight excluding hydrogens is 726 g/mol. The number of morpholine rings is 1. The van der Waals surface area contributed by atoms with Gasteiger partial charge in [-0.15, -0.1) is 0 Å². The second kappa shape index (κ2) is 16.7. The molecule has 6 rings (SSSR count). The molecular formula is C35H44ClN9O7S. The fourth-order valence-electron chi connectivity index (χ4n) is 7.02. The lowest BCUT2D eigenvalue weighted by atomic mass is 9.98. The molecule has 16 nitrogen and oxygen atoms in total. The van der Waals surface area contributed by atoms with Crippen LogP contribution in [0.5, 0.6) is 0 Å². The summed E-state index contributed by atoms with van der Waals surface area (Å²) in [7, 11) is -3.65. The van der Waals surface area contributed by atoms with Crippen LogP contribution in [0.1, 0.15) is 59.8 Å². The molecule has 0 radical (unpaired) electrons. The first kappa shape index (κ1) is 38.2. The fourth-order valence-corrected chi connectivity index (χ4v) is 7.77. The van der Waals surface area contributed by atoms with Gasteiger partial charge in [0.25, 0.3) is 5.91 Å². The van der Waals surface area contributed by atoms with Crippen molar-refractivity contribution in [2.24, 2.45) is 5.92 Å². The lowest BCUT2D eigenvalue weighted by molar-refractivity contribution is -0.150. The van der Waals surface area contributed by atoms with E-state index >= 15 is 0 Å². The van der Waals surface area contributed by atoms with Gasteiger partial charge < -0.3 is 24.6 Å². The highest BCUT2D eigenvalue weighted by Gasteiger charge is 2.38. The van der Waals surface area contributed by atoms with Gasteiger partial charge in [0.1, 0.15) is 17.8 Å². The molecule has 3 aliphatic heterocycles. The second-order valence-electron chi connectivity index (χ2n) is 13.7. The molecule has 2 aromatic heterocycles. The van der Waals surface area contributed by atoms with Crippen LogP contribution < -0.4 is 14.9 Å². The number of halogens is 1. The molecule has 3 atom stereocenters. The summed E-state index contributed by atoms with van der Waals surface area (Å²) < 4.78 is 39.2. The molecule has 0 spiro atoms. The Balaban J connectivity index is 1.11. The maximum absolute atomic E-state index is 14.0. The van der Waals surface area contributed by atoms with Crippen LogP contribution in [0.3, 0.4) is 0 Å². The highest BCUT2D eigenvalue weighted by atomic mass is 35.5. The number of carbonyl (C=O) groups is 3. The number of carbonyl (C=O) groups excluding carboxylic acids is 3. The average Bonchev–Trinajstić information content (AvgIpc) is 3.74. The van der Waals surface area contributed by atoms with Crippen LogP contribution in [0.4, 0.5) is 11.5 Å². The number of esters is 1. The number of anilines is 2. The Hall–Kier alpha value is -4.50. The summed E-state index contributed by atoms with van der Waals surface area (Å²) in [6.45, 7) is 7.13. The number of nitrogens with zero attached hydrogens (tertiary/aromatic N) is 7. The smallest absolute Gasteiger partial charge is 0.306 e. The normalized spacial score (nSPS) is 21.0. The number of aryl methyl sites for hydroxylation is 1. The fraction of sp³-hybridized carbons (Fsp3) is 0.543. The molecule has 2 amide bonds. The van der Waals surface area contributed by atoms with Gasteiger partial charge >= 0.3 is 5.97 Å². The topological polar surface area (TPSA) is 192 Å². The zero-order valence-corrected chi connectivity index (χ0v) is 31.4. The zero-order chi connectivity index (χ0) is 37.7. The Morgan fingerprint density at radius 3 is 2.66 bits per heavy atom. The van der Waals surface area contributed by atoms with Gasteiger partial charge in [0, 0.05) is 68.5 Å². The van der Waals surface area contributed by atoms with E-state index in [-0.39, 0.29) is 42.5 Å². The summed E-state index contributed by atoms with van der Waals surface area (Å²) in [5, 5.41) is 17.9. The van der Waals surface area contributed by atoms with E-state index in [2.05, 4.69) is 21.0 Å². The minimum atomic E-state index is -3.65. The van der Waals surface area contributed by atoms with E-state index in [4.69, 9.17) is 31.2 Å². The first-order valence-corrected chi connectivity index (χ1v) is 20.0. The molecule has 3 fully saturated rings. The van der Waals surface area contributed by atoms with Crippen LogP contribution in [0, 0.1) is 24.2 Å². The summed E-state index contributed by atoms with van der Waals surface area (Å²) in [6.07, 6.45) is 4.36. The molecule has 18 heteroatoms. The van der Waals surface area contributed by atoms with Crippen molar-refractivity contribution in [2.75, 3.05) is 74.9 Å². The molecule has 5 heterocycles. The van der Waals surface area contributed by atoms with Crippen LogP contribution in [-0.4, -0.2) is 122 Å². The van der Waals surface area contributed by atoms with Crippen molar-refractivity contribution in [3.63, 3.8) is 0 Å². The Kier molecular flexibility index (Phi) is 12.0. The Morgan fingerprint density at radius 2 is 1.91 bits per heavy atom. The van der Waals surface area contributed by atoms with Crippen molar-refractivity contribution < 1.29 is 32.3 Å². The molecule has 53 heavy (non-hydrogen) atoms. The number of hydrogen-bond donors (Lipinski definition) is 2. The summed E-state index contributed by atoms with van der Waals surface area (Å²) in [4.78, 5) is 49.8. The van der Waals surface area contributed by atoms with Gasteiger partial charge in [0.15, 0.2) is 5.65 Å². The third-order valence-corrected chi connectivity index (χ3v) is 10.5. The quantitative estimate of drug-likeness (QED) is 0.257. The number of benzene rings is 1. The standard InChI is InChI=1S/C35H44ClN9O7S/c1-23-20-45-31(18-28(40-45)29-5-3-4-11-44(29)35(48)26-17-25(36)6-7-27(26)41-53(2,49)50)39-34(23)43-21-24(19-37)30(22-43)52-33(47)9-8-32(46)38-10-12-42-13-15-51-16-14-42/h6-7,17-18,20,24,29-30,41H,3-5,8-16,21-22H2,1-2H3,(H,38,46)/t24-,29-,30+/m0/s1. The predicted octanol–water partition coefficient (Wildman–Crippen LogP) is 2.53. The van der Waals surface area contributed by atoms with Gasteiger partial charge in [0.05, 0.1) is 61.5 Å². The van der Waals surface area contributed by atoms with Crippen LogP contribution in [0.25, 0.3) is 5.65 Å². The molecule has 2 N–H and O–H groups in total. The molecule has 0 saturated carbocycles. The number of rotatable bonds is 12. The number of amides is 2. The number of fused-ring (bicyclic) bond motifs is 1. The lowest BCUT2D eigenvalue weighted by Crippen LogP contribution is -2.41. The third-order valence-electron chi connectivity index (χ3n) is 9.66. The summed E-state index contributed by atoms with van der Waals surface area (Å²) in [6, 6.07) is 8.15. The van der Waals surface area contributed by atoms with Crippen LogP contribution in [0.2, 0.25) is 5.02 Å². The summed E-state index contributed by atoms with van der Waals surface area (Å²) in [5.41, 5.74) is 2.25. The first-order valence-electron chi connectivity index (χ1n) is 17.7. The van der Waals surface area contributed by atoms with Crippen molar-refractivity contribution >= 4 is 56.6 Å². The van der Waals surface area contributed by atoms with Crippen molar-refractivity contribution in [3.8, 4) is 6.07 Å². The van der Waals surface area contributed by atoms with E-state index in [0.29, 0.717) is 61.5 Å². The van der Waals surface area contributed by atoms with Gasteiger partial charge in [-0.05, 0) is 44.4 Å². The summed E-state index contributed by atoms with van der Waals surface area (Å²) >= 11 is 6.24. The van der Waals surface area contributed by atoms with Crippen LogP contribution >= 0.6 is 11.6 Å². The summed E-state index contributed by atoms with van der Waals surface area (Å²) in [5.74, 6) is -1.10. The molecule has 3 aromatic rings. The Bertz CT molecular complexity index is 2000. The number of nitrogens with one attached hydrogen (secondary N) is 2. The van der Waals surface area contributed by atoms with Gasteiger partial charge in [-0.25, -0.2) is 17.9 Å². The maximum atomic E-state index is 14.0. The van der Waals surface area contributed by atoms with Gasteiger partial charge in [-0.1, -0.05) is 11.6 Å². The van der Waals surface area contributed by atoms with E-state index in [1.54, 1.807) is 9.42 Å². The highest BCUT2D eigenvalue weighted by Crippen LogP contribution is 2.35. The van der Waals surface area contributed by atoms with E-state index in [0.717, 1.165) is 44.3 Å². The van der Waals surface area contributed by atoms with E-state index in [1.807, 2.05) is 24.1 Å². The third kappa shape index (κ3) is 9.55. The van der Waals surface area contributed by atoms with Crippen molar-refractivity contribution in [2.45, 2.75) is 51.2 Å². The number of piperidine rings is 1. The van der Waals surface area contributed by atoms with E-state index in [9.17, 15) is 28.1 Å². The SMILES string of the molecule is Cc1cn2nc([C@@H]3CCCCN3C(=O)c3cc(Cl)ccc3NS(C)(=O)=O)cc2nc1N1C[C@H](C#N)[C@H](OC(=O)CCC(=O)NCCN2CCOCC2)C1. The molecule has 0 bridgehead atoms. The van der Waals surface area contributed by atoms with Gasteiger partial charge in [-0.2, -0.15) is 10.4 Å².